The average molecular weight is 301 g/mol. The molecule has 1 rings (SSSR count). The lowest BCUT2D eigenvalue weighted by atomic mass is 10.1. The molecule has 1 aromatic rings. The van der Waals surface area contributed by atoms with Crippen LogP contribution in [0.15, 0.2) is 36.0 Å². The quantitative estimate of drug-likeness (QED) is 0.440. The Balaban J connectivity index is 2.62. The van der Waals surface area contributed by atoms with Gasteiger partial charge in [0.25, 0.3) is 5.91 Å². The molecule has 1 atom stereocenters. The van der Waals surface area contributed by atoms with Gasteiger partial charge >= 0.3 is 0 Å². The summed E-state index contributed by atoms with van der Waals surface area (Å²) in [7, 11) is 1.61. The first-order valence-corrected chi connectivity index (χ1v) is 7.40. The van der Waals surface area contributed by atoms with Crippen LogP contribution in [-0.2, 0) is 4.79 Å². The van der Waals surface area contributed by atoms with Crippen molar-refractivity contribution in [1.82, 2.24) is 10.6 Å². The zero-order valence-corrected chi connectivity index (χ0v) is 13.3. The number of ether oxygens (including phenoxy) is 1. The molecule has 2 N–H and O–H groups in total. The van der Waals surface area contributed by atoms with Gasteiger partial charge in [0, 0.05) is 12.7 Å². The topological polar surface area (TPSA) is 74.2 Å². The van der Waals surface area contributed by atoms with Crippen molar-refractivity contribution in [2.24, 2.45) is 0 Å². The molecule has 1 amide bonds. The molecular weight excluding hydrogens is 278 g/mol. The number of hydrogen-bond acceptors (Lipinski definition) is 4. The van der Waals surface area contributed by atoms with Gasteiger partial charge in [0.05, 0.1) is 13.2 Å². The number of benzene rings is 1. The Bertz CT molecular complexity index is 544. The van der Waals surface area contributed by atoms with Crippen molar-refractivity contribution in [3.63, 3.8) is 0 Å². The van der Waals surface area contributed by atoms with Crippen LogP contribution in [0.5, 0.6) is 5.75 Å². The highest BCUT2D eigenvalue weighted by molar-refractivity contribution is 5.97. The summed E-state index contributed by atoms with van der Waals surface area (Å²) >= 11 is 0. The molecule has 5 heteroatoms. The fraction of sp³-hybridized carbons (Fsp3) is 0.412. The van der Waals surface area contributed by atoms with E-state index in [9.17, 15) is 4.79 Å². The monoisotopic (exact) mass is 301 g/mol. The predicted octanol–water partition coefficient (Wildman–Crippen LogP) is 2.67. The maximum Gasteiger partial charge on any atom is 0.263 e. The molecule has 0 saturated carbocycles. The lowest BCUT2D eigenvalue weighted by Crippen LogP contribution is -2.28. The minimum Gasteiger partial charge on any atom is -0.497 e. The van der Waals surface area contributed by atoms with Gasteiger partial charge in [-0.25, -0.2) is 0 Å². The van der Waals surface area contributed by atoms with E-state index in [4.69, 9.17) is 10.00 Å². The minimum atomic E-state index is -0.380. The zero-order valence-electron chi connectivity index (χ0n) is 13.3. The van der Waals surface area contributed by atoms with Crippen LogP contribution < -0.4 is 15.4 Å². The van der Waals surface area contributed by atoms with E-state index in [0.29, 0.717) is 0 Å². The molecule has 5 nitrogen and oxygen atoms in total. The van der Waals surface area contributed by atoms with E-state index in [0.717, 1.165) is 30.7 Å². The average Bonchev–Trinajstić information content (AvgIpc) is 2.54. The standard InChI is InChI=1S/C17H23N3O2/c1-4-5-10-19-12-15(11-18)17(21)20-13(2)14-6-8-16(22-3)9-7-14/h6-9,12-13,19H,4-5,10H2,1-3H3,(H,20,21)/b15-12-. The second-order valence-corrected chi connectivity index (χ2v) is 4.95. The highest BCUT2D eigenvalue weighted by Gasteiger charge is 2.13. The van der Waals surface area contributed by atoms with Crippen LogP contribution in [0, 0.1) is 11.3 Å². The van der Waals surface area contributed by atoms with Crippen LogP contribution in [0.4, 0.5) is 0 Å². The van der Waals surface area contributed by atoms with Crippen molar-refractivity contribution in [2.75, 3.05) is 13.7 Å². The lowest BCUT2D eigenvalue weighted by molar-refractivity contribution is -0.117. The Morgan fingerprint density at radius 3 is 2.64 bits per heavy atom. The van der Waals surface area contributed by atoms with E-state index in [-0.39, 0.29) is 17.5 Å². The Morgan fingerprint density at radius 1 is 1.41 bits per heavy atom. The predicted molar refractivity (Wildman–Crippen MR) is 86.2 cm³/mol. The lowest BCUT2D eigenvalue weighted by Gasteiger charge is -2.14. The van der Waals surface area contributed by atoms with Crippen molar-refractivity contribution in [2.45, 2.75) is 32.7 Å². The van der Waals surface area contributed by atoms with Gasteiger partial charge in [-0.2, -0.15) is 5.26 Å². The van der Waals surface area contributed by atoms with Crippen LogP contribution in [0.3, 0.4) is 0 Å². The van der Waals surface area contributed by atoms with E-state index in [1.54, 1.807) is 7.11 Å². The summed E-state index contributed by atoms with van der Waals surface area (Å²) < 4.78 is 5.10. The van der Waals surface area contributed by atoms with Crippen molar-refractivity contribution in [3.8, 4) is 11.8 Å². The molecule has 0 fully saturated rings. The van der Waals surface area contributed by atoms with Gasteiger partial charge in [0.2, 0.25) is 0 Å². The van der Waals surface area contributed by atoms with Crippen LogP contribution >= 0.6 is 0 Å². The van der Waals surface area contributed by atoms with Gasteiger partial charge < -0.3 is 15.4 Å². The summed E-state index contributed by atoms with van der Waals surface area (Å²) in [5, 5.41) is 14.9. The molecule has 1 unspecified atom stereocenters. The number of hydrogen-bond donors (Lipinski definition) is 2. The third-order valence-electron chi connectivity index (χ3n) is 3.25. The first-order valence-electron chi connectivity index (χ1n) is 7.40. The SMILES string of the molecule is CCCCN/C=C(/C#N)C(=O)NC(C)c1ccc(OC)cc1. The number of carbonyl (C=O) groups excluding carboxylic acids is 1. The molecule has 0 radical (unpaired) electrons. The number of nitrogens with zero attached hydrogens (tertiary/aromatic N) is 1. The van der Waals surface area contributed by atoms with E-state index in [1.807, 2.05) is 37.3 Å². The number of methoxy groups -OCH3 is 1. The first-order chi connectivity index (χ1) is 10.6. The third-order valence-corrected chi connectivity index (χ3v) is 3.25. The summed E-state index contributed by atoms with van der Waals surface area (Å²) in [6.45, 7) is 4.71. The van der Waals surface area contributed by atoms with Gasteiger partial charge in [-0.15, -0.1) is 0 Å². The molecule has 0 aromatic heterocycles. The Labute approximate surface area is 132 Å². The van der Waals surface area contributed by atoms with Crippen molar-refractivity contribution < 1.29 is 9.53 Å². The van der Waals surface area contributed by atoms with Crippen molar-refractivity contribution >= 4 is 5.91 Å². The molecule has 0 spiro atoms. The van der Waals surface area contributed by atoms with Crippen LogP contribution in [0.25, 0.3) is 0 Å². The van der Waals surface area contributed by atoms with Gasteiger partial charge in [-0.3, -0.25) is 4.79 Å². The maximum absolute atomic E-state index is 12.1. The highest BCUT2D eigenvalue weighted by Crippen LogP contribution is 2.17. The van der Waals surface area contributed by atoms with Gasteiger partial charge in [-0.05, 0) is 31.0 Å². The molecule has 1 aromatic carbocycles. The number of amides is 1. The Hall–Kier alpha value is -2.48. The molecular formula is C17H23N3O2. The Kier molecular flexibility index (Phi) is 7.55. The number of nitriles is 1. The molecule has 0 bridgehead atoms. The first kappa shape index (κ1) is 17.6. The van der Waals surface area contributed by atoms with Crippen LogP contribution in [0.2, 0.25) is 0 Å². The number of unbranched alkanes of at least 4 members (excludes halogenated alkanes) is 1. The molecule has 0 saturated heterocycles. The maximum atomic E-state index is 12.1. The number of nitrogens with one attached hydrogen (secondary N) is 2. The van der Waals surface area contributed by atoms with E-state index in [2.05, 4.69) is 17.6 Å². The fourth-order valence-electron chi connectivity index (χ4n) is 1.85. The summed E-state index contributed by atoms with van der Waals surface area (Å²) in [5.41, 5.74) is 1.03. The van der Waals surface area contributed by atoms with E-state index in [1.165, 1.54) is 6.20 Å². The Morgan fingerprint density at radius 2 is 2.09 bits per heavy atom. The molecule has 0 heterocycles. The largest absolute Gasteiger partial charge is 0.497 e. The summed E-state index contributed by atoms with van der Waals surface area (Å²) in [5.74, 6) is 0.384. The normalized spacial score (nSPS) is 12.2. The van der Waals surface area contributed by atoms with E-state index < -0.39 is 0 Å². The molecule has 22 heavy (non-hydrogen) atoms. The second kappa shape index (κ2) is 9.46. The molecule has 0 aliphatic heterocycles. The molecule has 0 aliphatic carbocycles. The number of carbonyl (C=O) groups is 1. The van der Waals surface area contributed by atoms with Crippen molar-refractivity contribution in [3.05, 3.63) is 41.6 Å². The van der Waals surface area contributed by atoms with Gasteiger partial charge in [-0.1, -0.05) is 25.5 Å². The summed E-state index contributed by atoms with van der Waals surface area (Å²) in [6.07, 6.45) is 3.54. The van der Waals surface area contributed by atoms with Gasteiger partial charge in [0.15, 0.2) is 0 Å². The second-order valence-electron chi connectivity index (χ2n) is 4.95. The van der Waals surface area contributed by atoms with E-state index >= 15 is 0 Å². The third kappa shape index (κ3) is 5.49. The summed E-state index contributed by atoms with van der Waals surface area (Å²) in [6, 6.07) is 9.18. The minimum absolute atomic E-state index is 0.0801. The van der Waals surface area contributed by atoms with Crippen LogP contribution in [-0.4, -0.2) is 19.6 Å². The summed E-state index contributed by atoms with van der Waals surface area (Å²) in [4.78, 5) is 12.1. The molecule has 0 aliphatic rings. The highest BCUT2D eigenvalue weighted by atomic mass is 16.5. The zero-order chi connectivity index (χ0) is 16.4. The van der Waals surface area contributed by atoms with Crippen LogP contribution in [0.1, 0.15) is 38.3 Å². The molecule has 118 valence electrons. The van der Waals surface area contributed by atoms with Crippen molar-refractivity contribution in [1.29, 1.82) is 5.26 Å². The number of rotatable bonds is 8. The smallest absolute Gasteiger partial charge is 0.263 e. The van der Waals surface area contributed by atoms with Gasteiger partial charge in [0.1, 0.15) is 17.4 Å². The fourth-order valence-corrected chi connectivity index (χ4v) is 1.85.